The minimum absolute atomic E-state index is 0.101. The van der Waals surface area contributed by atoms with Crippen molar-refractivity contribution in [2.24, 2.45) is 0 Å². The second-order valence-electron chi connectivity index (χ2n) is 8.34. The number of aromatic nitrogens is 2. The van der Waals surface area contributed by atoms with Crippen LogP contribution in [0.25, 0.3) is 5.69 Å². The van der Waals surface area contributed by atoms with Gasteiger partial charge in [-0.05, 0) is 62.6 Å². The summed E-state index contributed by atoms with van der Waals surface area (Å²) in [4.78, 5) is 14.9. The van der Waals surface area contributed by atoms with E-state index in [1.165, 1.54) is 10.6 Å². The quantitative estimate of drug-likeness (QED) is 0.594. The van der Waals surface area contributed by atoms with E-state index in [0.717, 1.165) is 41.0 Å². The van der Waals surface area contributed by atoms with Crippen LogP contribution in [0.3, 0.4) is 0 Å². The molecule has 0 N–H and O–H groups in total. The van der Waals surface area contributed by atoms with Crippen LogP contribution in [-0.2, 0) is 23.0 Å². The average Bonchev–Trinajstić information content (AvgIpc) is 3.06. The van der Waals surface area contributed by atoms with Crippen LogP contribution < -0.4 is 4.31 Å². The maximum atomic E-state index is 13.2. The highest BCUT2D eigenvalue weighted by Gasteiger charge is 2.25. The molecule has 7 nitrogen and oxygen atoms in total. The van der Waals surface area contributed by atoms with Gasteiger partial charge in [0.05, 0.1) is 23.3 Å². The van der Waals surface area contributed by atoms with E-state index >= 15 is 0 Å². The topological polar surface area (TPSA) is 75.5 Å². The van der Waals surface area contributed by atoms with E-state index in [4.69, 9.17) is 0 Å². The number of carbonyl (C=O) groups is 1. The highest BCUT2D eigenvalue weighted by molar-refractivity contribution is 7.92. The van der Waals surface area contributed by atoms with E-state index in [9.17, 15) is 13.2 Å². The summed E-state index contributed by atoms with van der Waals surface area (Å²) in [7, 11) is -1.55. The van der Waals surface area contributed by atoms with Gasteiger partial charge in [0.2, 0.25) is 10.0 Å². The Morgan fingerprint density at radius 1 is 1.12 bits per heavy atom. The zero-order valence-corrected chi connectivity index (χ0v) is 19.7. The highest BCUT2D eigenvalue weighted by Crippen LogP contribution is 2.30. The van der Waals surface area contributed by atoms with E-state index in [-0.39, 0.29) is 5.91 Å². The third-order valence-corrected chi connectivity index (χ3v) is 7.17. The number of carbonyl (C=O) groups excluding carboxylic acids is 1. The molecule has 0 bridgehead atoms. The Hall–Kier alpha value is -3.13. The largest absolute Gasteiger partial charge is 0.337 e. The Morgan fingerprint density at radius 3 is 2.53 bits per heavy atom. The molecule has 1 aromatic heterocycles. The van der Waals surface area contributed by atoms with Crippen molar-refractivity contribution in [2.75, 3.05) is 24.2 Å². The Bertz CT molecular complexity index is 1270. The van der Waals surface area contributed by atoms with Gasteiger partial charge in [0, 0.05) is 37.0 Å². The van der Waals surface area contributed by atoms with E-state index < -0.39 is 10.0 Å². The molecule has 1 aliphatic rings. The molecule has 0 atom stereocenters. The SMILES string of the molecule is Cc1nn(-c2ccccc2)c(C)c1CN(C)C(=O)c1ccc2c(c1)CCCN2S(C)(=O)=O. The fraction of sp³-hybridized carbons (Fsp3) is 0.333. The lowest BCUT2D eigenvalue weighted by molar-refractivity contribution is 0.0784. The van der Waals surface area contributed by atoms with Gasteiger partial charge in [-0.15, -0.1) is 0 Å². The molecule has 0 unspecified atom stereocenters. The molecule has 3 aromatic rings. The molecule has 32 heavy (non-hydrogen) atoms. The molecule has 0 saturated heterocycles. The van der Waals surface area contributed by atoms with Crippen LogP contribution in [0.15, 0.2) is 48.5 Å². The number of aryl methyl sites for hydroxylation is 2. The lowest BCUT2D eigenvalue weighted by Crippen LogP contribution is -2.35. The molecule has 168 valence electrons. The number of anilines is 1. The van der Waals surface area contributed by atoms with Crippen molar-refractivity contribution < 1.29 is 13.2 Å². The first-order valence-corrected chi connectivity index (χ1v) is 12.5. The molecule has 0 fully saturated rings. The van der Waals surface area contributed by atoms with Crippen LogP contribution in [0.2, 0.25) is 0 Å². The normalized spacial score (nSPS) is 13.7. The van der Waals surface area contributed by atoms with Gasteiger partial charge in [0.15, 0.2) is 0 Å². The summed E-state index contributed by atoms with van der Waals surface area (Å²) in [5.41, 5.74) is 6.03. The van der Waals surface area contributed by atoms with Crippen LogP contribution in [0, 0.1) is 13.8 Å². The minimum atomic E-state index is -3.33. The van der Waals surface area contributed by atoms with Crippen molar-refractivity contribution in [1.82, 2.24) is 14.7 Å². The van der Waals surface area contributed by atoms with Gasteiger partial charge in [0.1, 0.15) is 0 Å². The number of nitrogens with zero attached hydrogens (tertiary/aromatic N) is 4. The fourth-order valence-electron chi connectivity index (χ4n) is 4.29. The Kier molecular flexibility index (Phi) is 5.81. The summed E-state index contributed by atoms with van der Waals surface area (Å²) in [6.45, 7) is 4.89. The highest BCUT2D eigenvalue weighted by atomic mass is 32.2. The number of rotatable bonds is 5. The molecule has 0 spiro atoms. The van der Waals surface area contributed by atoms with E-state index in [2.05, 4.69) is 5.10 Å². The van der Waals surface area contributed by atoms with Crippen LogP contribution in [0.1, 0.15) is 39.3 Å². The number of benzene rings is 2. The third-order valence-electron chi connectivity index (χ3n) is 5.99. The second kappa shape index (κ2) is 8.43. The van der Waals surface area contributed by atoms with Crippen LogP contribution in [0.5, 0.6) is 0 Å². The van der Waals surface area contributed by atoms with Crippen molar-refractivity contribution in [1.29, 1.82) is 0 Å². The molecular formula is C24H28N4O3S. The lowest BCUT2D eigenvalue weighted by atomic mass is 10.00. The van der Waals surface area contributed by atoms with Crippen molar-refractivity contribution in [3.8, 4) is 5.69 Å². The van der Waals surface area contributed by atoms with Gasteiger partial charge in [-0.25, -0.2) is 13.1 Å². The molecule has 2 aromatic carbocycles. The number of fused-ring (bicyclic) bond motifs is 1. The van der Waals surface area contributed by atoms with E-state index in [0.29, 0.717) is 24.3 Å². The van der Waals surface area contributed by atoms with E-state index in [1.54, 1.807) is 24.1 Å². The van der Waals surface area contributed by atoms with Gasteiger partial charge in [-0.2, -0.15) is 5.10 Å². The molecule has 4 rings (SSSR count). The summed E-state index contributed by atoms with van der Waals surface area (Å²) in [5, 5.41) is 4.67. The Morgan fingerprint density at radius 2 is 1.84 bits per heavy atom. The summed E-state index contributed by atoms with van der Waals surface area (Å²) in [6, 6.07) is 15.2. The minimum Gasteiger partial charge on any atom is -0.337 e. The molecule has 0 aliphatic carbocycles. The van der Waals surface area contributed by atoms with Gasteiger partial charge in [-0.1, -0.05) is 18.2 Å². The molecular weight excluding hydrogens is 424 g/mol. The number of amides is 1. The standard InChI is InChI=1S/C24H28N4O3S/c1-17-22(18(2)28(25-17)21-10-6-5-7-11-21)16-26(3)24(29)20-12-13-23-19(15-20)9-8-14-27(23)32(4,30)31/h5-7,10-13,15H,8-9,14,16H2,1-4H3. The maximum absolute atomic E-state index is 13.2. The van der Waals surface area contributed by atoms with Crippen molar-refractivity contribution in [3.63, 3.8) is 0 Å². The van der Waals surface area contributed by atoms with Gasteiger partial charge < -0.3 is 4.90 Å². The number of para-hydroxylation sites is 1. The molecule has 1 amide bonds. The van der Waals surface area contributed by atoms with Gasteiger partial charge in [-0.3, -0.25) is 9.10 Å². The summed E-state index contributed by atoms with van der Waals surface area (Å²) >= 11 is 0. The molecule has 1 aliphatic heterocycles. The van der Waals surface area contributed by atoms with Crippen LogP contribution >= 0.6 is 0 Å². The van der Waals surface area contributed by atoms with E-state index in [1.807, 2.05) is 54.9 Å². The number of hydrogen-bond donors (Lipinski definition) is 0. The summed E-state index contributed by atoms with van der Waals surface area (Å²) in [6.07, 6.45) is 2.72. The maximum Gasteiger partial charge on any atom is 0.253 e. The second-order valence-corrected chi connectivity index (χ2v) is 10.2. The molecule has 8 heteroatoms. The van der Waals surface area contributed by atoms with Crippen LogP contribution in [-0.4, -0.2) is 48.9 Å². The van der Waals surface area contributed by atoms with Crippen molar-refractivity contribution in [3.05, 3.63) is 76.6 Å². The summed E-state index contributed by atoms with van der Waals surface area (Å²) in [5.74, 6) is -0.101. The van der Waals surface area contributed by atoms with Gasteiger partial charge >= 0.3 is 0 Å². The Balaban J connectivity index is 1.57. The van der Waals surface area contributed by atoms with Crippen molar-refractivity contribution >= 4 is 21.6 Å². The third kappa shape index (κ3) is 4.14. The van der Waals surface area contributed by atoms with Crippen LogP contribution in [0.4, 0.5) is 5.69 Å². The molecule has 0 saturated carbocycles. The Labute approximate surface area is 189 Å². The predicted molar refractivity (Wildman–Crippen MR) is 126 cm³/mol. The zero-order valence-electron chi connectivity index (χ0n) is 18.9. The first-order chi connectivity index (χ1) is 15.2. The average molecular weight is 453 g/mol. The van der Waals surface area contributed by atoms with Gasteiger partial charge in [0.25, 0.3) is 5.91 Å². The molecule has 2 heterocycles. The first kappa shape index (κ1) is 22.1. The number of hydrogen-bond acceptors (Lipinski definition) is 4. The first-order valence-electron chi connectivity index (χ1n) is 10.6. The summed E-state index contributed by atoms with van der Waals surface area (Å²) < 4.78 is 27.5. The fourth-order valence-corrected chi connectivity index (χ4v) is 5.29. The monoisotopic (exact) mass is 452 g/mol. The number of sulfonamides is 1. The smallest absolute Gasteiger partial charge is 0.253 e. The zero-order chi connectivity index (χ0) is 23.0. The molecule has 0 radical (unpaired) electrons. The predicted octanol–water partition coefficient (Wildman–Crippen LogP) is 3.47. The lowest BCUT2D eigenvalue weighted by Gasteiger charge is -2.29. The van der Waals surface area contributed by atoms with Crippen molar-refractivity contribution in [2.45, 2.75) is 33.2 Å².